The van der Waals surface area contributed by atoms with Crippen LogP contribution in [-0.4, -0.2) is 49.8 Å². The number of halogens is 2. The first kappa shape index (κ1) is 23.7. The molecular formula is C21H24F2N4O4S. The molecule has 1 aliphatic heterocycles. The highest BCUT2D eigenvalue weighted by molar-refractivity contribution is 7.89. The molecule has 0 saturated carbocycles. The van der Waals surface area contributed by atoms with Crippen molar-refractivity contribution in [3.63, 3.8) is 0 Å². The van der Waals surface area contributed by atoms with Crippen LogP contribution >= 0.6 is 0 Å². The monoisotopic (exact) mass is 466 g/mol. The molecule has 32 heavy (non-hydrogen) atoms. The number of carbonyl (C=O) groups excluding carboxylic acids is 2. The maximum Gasteiger partial charge on any atom is 0.240 e. The molecule has 3 rings (SSSR count). The van der Waals surface area contributed by atoms with Gasteiger partial charge in [0.25, 0.3) is 0 Å². The number of hydrogen-bond donors (Lipinski definition) is 2. The Balaban J connectivity index is 1.40. The summed E-state index contributed by atoms with van der Waals surface area (Å²) in [5.74, 6) is -2.92. The topological polar surface area (TPSA) is 108 Å². The van der Waals surface area contributed by atoms with E-state index in [1.165, 1.54) is 0 Å². The standard InChI is InChI=1S/C21H24F2N4O4S/c22-18-4-3-17(12-19(18)23)32(30,31)26-9-5-20(28)27-10-6-16(7-11-27)21(29)25-14-15-2-1-8-24-13-15/h1-4,8,12-13,16,26H,5-7,9-11,14H2,(H,25,29). The summed E-state index contributed by atoms with van der Waals surface area (Å²) in [6.07, 6.45) is 4.30. The zero-order valence-corrected chi connectivity index (χ0v) is 18.1. The first-order valence-corrected chi connectivity index (χ1v) is 11.6. The van der Waals surface area contributed by atoms with Crippen molar-refractivity contribution in [3.8, 4) is 0 Å². The summed E-state index contributed by atoms with van der Waals surface area (Å²) in [5, 5.41) is 2.88. The first-order chi connectivity index (χ1) is 15.3. The van der Waals surface area contributed by atoms with Gasteiger partial charge in [-0.2, -0.15) is 0 Å². The van der Waals surface area contributed by atoms with Crippen LogP contribution < -0.4 is 10.0 Å². The van der Waals surface area contributed by atoms with Crippen molar-refractivity contribution >= 4 is 21.8 Å². The molecule has 11 heteroatoms. The van der Waals surface area contributed by atoms with E-state index in [2.05, 4.69) is 15.0 Å². The van der Waals surface area contributed by atoms with Crippen molar-refractivity contribution in [1.29, 1.82) is 0 Å². The SMILES string of the molecule is O=C(NCc1cccnc1)C1CCN(C(=O)CCNS(=O)(=O)c2ccc(F)c(F)c2)CC1. The number of hydrogen-bond acceptors (Lipinski definition) is 5. The molecule has 0 unspecified atom stereocenters. The second-order valence-corrected chi connectivity index (χ2v) is 9.22. The molecule has 172 valence electrons. The average molecular weight is 467 g/mol. The van der Waals surface area contributed by atoms with E-state index in [0.29, 0.717) is 38.5 Å². The maximum absolute atomic E-state index is 13.3. The third kappa shape index (κ3) is 6.30. The smallest absolute Gasteiger partial charge is 0.240 e. The van der Waals surface area contributed by atoms with Crippen LogP contribution in [0.3, 0.4) is 0 Å². The molecule has 0 aliphatic carbocycles. The van der Waals surface area contributed by atoms with Crippen LogP contribution in [0.2, 0.25) is 0 Å². The van der Waals surface area contributed by atoms with Crippen molar-refractivity contribution in [2.45, 2.75) is 30.7 Å². The molecule has 0 atom stereocenters. The zero-order chi connectivity index (χ0) is 23.1. The maximum atomic E-state index is 13.3. The highest BCUT2D eigenvalue weighted by atomic mass is 32.2. The highest BCUT2D eigenvalue weighted by Crippen LogP contribution is 2.18. The molecule has 1 aliphatic rings. The van der Waals surface area contributed by atoms with E-state index >= 15 is 0 Å². The molecule has 2 amide bonds. The number of pyridine rings is 1. The van der Waals surface area contributed by atoms with Crippen LogP contribution in [0, 0.1) is 17.6 Å². The summed E-state index contributed by atoms with van der Waals surface area (Å²) in [6.45, 7) is 1.02. The molecule has 1 aromatic carbocycles. The summed E-state index contributed by atoms with van der Waals surface area (Å²) in [5.41, 5.74) is 0.902. The van der Waals surface area contributed by atoms with Gasteiger partial charge in [0, 0.05) is 50.9 Å². The molecule has 0 bridgehead atoms. The Bertz CT molecular complexity index is 1060. The molecule has 8 nitrogen and oxygen atoms in total. The van der Waals surface area contributed by atoms with Gasteiger partial charge in [0.05, 0.1) is 4.90 Å². The minimum atomic E-state index is -4.06. The largest absolute Gasteiger partial charge is 0.352 e. The highest BCUT2D eigenvalue weighted by Gasteiger charge is 2.27. The number of likely N-dealkylation sites (tertiary alicyclic amines) is 1. The van der Waals surface area contributed by atoms with Crippen molar-refractivity contribution in [2.24, 2.45) is 5.92 Å². The van der Waals surface area contributed by atoms with Gasteiger partial charge in [0.1, 0.15) is 0 Å². The molecule has 1 saturated heterocycles. The Hall–Kier alpha value is -2.92. The second-order valence-electron chi connectivity index (χ2n) is 7.46. The summed E-state index contributed by atoms with van der Waals surface area (Å²) < 4.78 is 52.8. The van der Waals surface area contributed by atoms with Crippen LogP contribution in [0.5, 0.6) is 0 Å². The van der Waals surface area contributed by atoms with Crippen LogP contribution in [0.1, 0.15) is 24.8 Å². The Kier molecular flexibility index (Phi) is 7.86. The Morgan fingerprint density at radius 2 is 1.88 bits per heavy atom. The lowest BCUT2D eigenvalue weighted by Gasteiger charge is -2.31. The van der Waals surface area contributed by atoms with E-state index < -0.39 is 26.6 Å². The van der Waals surface area contributed by atoms with Crippen molar-refractivity contribution in [3.05, 3.63) is 59.9 Å². The molecule has 0 spiro atoms. The third-order valence-electron chi connectivity index (χ3n) is 5.24. The van der Waals surface area contributed by atoms with Gasteiger partial charge < -0.3 is 10.2 Å². The summed E-state index contributed by atoms with van der Waals surface area (Å²) >= 11 is 0. The van der Waals surface area contributed by atoms with Crippen molar-refractivity contribution in [2.75, 3.05) is 19.6 Å². The number of nitrogens with one attached hydrogen (secondary N) is 2. The summed E-state index contributed by atoms with van der Waals surface area (Å²) in [7, 11) is -4.06. The van der Waals surface area contributed by atoms with Crippen molar-refractivity contribution in [1.82, 2.24) is 19.9 Å². The molecule has 1 aromatic heterocycles. The fourth-order valence-electron chi connectivity index (χ4n) is 3.41. The van der Waals surface area contributed by atoms with Gasteiger partial charge in [0.2, 0.25) is 21.8 Å². The van der Waals surface area contributed by atoms with Gasteiger partial charge in [0.15, 0.2) is 11.6 Å². The number of rotatable bonds is 8. The second kappa shape index (κ2) is 10.6. The number of aromatic nitrogens is 1. The normalized spacial score (nSPS) is 14.9. The lowest BCUT2D eigenvalue weighted by atomic mass is 9.95. The summed E-state index contributed by atoms with van der Waals surface area (Å²) in [6, 6.07) is 5.93. The number of nitrogens with zero attached hydrogens (tertiary/aromatic N) is 2. The fourth-order valence-corrected chi connectivity index (χ4v) is 4.45. The van der Waals surface area contributed by atoms with Gasteiger partial charge in [-0.05, 0) is 42.7 Å². The quantitative estimate of drug-likeness (QED) is 0.614. The zero-order valence-electron chi connectivity index (χ0n) is 17.3. The Morgan fingerprint density at radius 3 is 2.53 bits per heavy atom. The lowest BCUT2D eigenvalue weighted by molar-refractivity contribution is -0.135. The van der Waals surface area contributed by atoms with Crippen LogP contribution in [-0.2, 0) is 26.2 Å². The number of carbonyl (C=O) groups is 2. The average Bonchev–Trinajstić information content (AvgIpc) is 2.79. The van der Waals surface area contributed by atoms with E-state index in [9.17, 15) is 26.8 Å². The van der Waals surface area contributed by atoms with E-state index in [4.69, 9.17) is 0 Å². The predicted octanol–water partition coefficient (Wildman–Crippen LogP) is 1.58. The first-order valence-electron chi connectivity index (χ1n) is 10.2. The minimum Gasteiger partial charge on any atom is -0.352 e. The van der Waals surface area contributed by atoms with E-state index in [-0.39, 0.29) is 30.7 Å². The molecular weight excluding hydrogens is 442 g/mol. The van der Waals surface area contributed by atoms with Gasteiger partial charge in [-0.1, -0.05) is 6.07 Å². The lowest BCUT2D eigenvalue weighted by Crippen LogP contribution is -2.43. The molecule has 2 aromatic rings. The number of benzene rings is 1. The molecule has 1 fully saturated rings. The summed E-state index contributed by atoms with van der Waals surface area (Å²) in [4.78, 5) is 29.9. The van der Waals surface area contributed by atoms with E-state index in [0.717, 1.165) is 17.7 Å². The number of sulfonamides is 1. The van der Waals surface area contributed by atoms with Crippen molar-refractivity contribution < 1.29 is 26.8 Å². The third-order valence-corrected chi connectivity index (χ3v) is 6.70. The minimum absolute atomic E-state index is 0.0692. The van der Waals surface area contributed by atoms with Crippen LogP contribution in [0.25, 0.3) is 0 Å². The number of piperidine rings is 1. The molecule has 0 radical (unpaired) electrons. The fraction of sp³-hybridized carbons (Fsp3) is 0.381. The van der Waals surface area contributed by atoms with E-state index in [1.54, 1.807) is 23.4 Å². The number of amides is 2. The molecule has 2 heterocycles. The van der Waals surface area contributed by atoms with Crippen LogP contribution in [0.4, 0.5) is 8.78 Å². The van der Waals surface area contributed by atoms with Gasteiger partial charge in [-0.3, -0.25) is 14.6 Å². The predicted molar refractivity (Wildman–Crippen MR) is 112 cm³/mol. The Morgan fingerprint density at radius 1 is 1.12 bits per heavy atom. The van der Waals surface area contributed by atoms with Gasteiger partial charge >= 0.3 is 0 Å². The van der Waals surface area contributed by atoms with E-state index in [1.807, 2.05) is 6.07 Å². The van der Waals surface area contributed by atoms with Gasteiger partial charge in [-0.15, -0.1) is 0 Å². The Labute approximate surface area is 185 Å². The van der Waals surface area contributed by atoms with Crippen LogP contribution in [0.15, 0.2) is 47.6 Å². The van der Waals surface area contributed by atoms with Gasteiger partial charge in [-0.25, -0.2) is 21.9 Å². The molecule has 2 N–H and O–H groups in total.